The van der Waals surface area contributed by atoms with E-state index in [0.717, 1.165) is 22.3 Å². The second-order valence-electron chi connectivity index (χ2n) is 7.28. The van der Waals surface area contributed by atoms with Crippen LogP contribution in [0.15, 0.2) is 41.3 Å². The van der Waals surface area contributed by atoms with Crippen LogP contribution in [0, 0.1) is 27.7 Å². The Morgan fingerprint density at radius 2 is 1.41 bits per heavy atom. The van der Waals surface area contributed by atoms with Gasteiger partial charge in [-0.25, -0.2) is 8.42 Å². The van der Waals surface area contributed by atoms with Gasteiger partial charge in [0.25, 0.3) is 5.91 Å². The minimum atomic E-state index is -3.54. The Bertz CT molecular complexity index is 975. The summed E-state index contributed by atoms with van der Waals surface area (Å²) in [5.74, 6) is -0.0280. The van der Waals surface area contributed by atoms with Crippen LogP contribution >= 0.6 is 0 Å². The maximum Gasteiger partial charge on any atom is 0.254 e. The number of carbonyl (C=O) groups excluding carboxylic acids is 1. The first-order chi connectivity index (χ1) is 12.7. The molecule has 5 nitrogen and oxygen atoms in total. The zero-order valence-electron chi connectivity index (χ0n) is 16.3. The average molecular weight is 387 g/mol. The van der Waals surface area contributed by atoms with Crippen molar-refractivity contribution >= 4 is 15.9 Å². The predicted octanol–water partition coefficient (Wildman–Crippen LogP) is 3.07. The molecule has 0 saturated carbocycles. The Kier molecular flexibility index (Phi) is 5.40. The first-order valence-corrected chi connectivity index (χ1v) is 10.6. The first kappa shape index (κ1) is 19.6. The Labute approximate surface area is 161 Å². The van der Waals surface area contributed by atoms with E-state index >= 15 is 0 Å². The van der Waals surface area contributed by atoms with Crippen LogP contribution < -0.4 is 0 Å². The monoisotopic (exact) mass is 386 g/mol. The lowest BCUT2D eigenvalue weighted by Crippen LogP contribution is -2.50. The van der Waals surface area contributed by atoms with Crippen molar-refractivity contribution in [1.82, 2.24) is 9.21 Å². The van der Waals surface area contributed by atoms with Gasteiger partial charge in [-0.05, 0) is 51.0 Å². The number of nitrogens with zero attached hydrogens (tertiary/aromatic N) is 2. The third-order valence-electron chi connectivity index (χ3n) is 5.10. The van der Waals surface area contributed by atoms with Gasteiger partial charge < -0.3 is 4.90 Å². The number of aryl methyl sites for hydroxylation is 4. The zero-order valence-corrected chi connectivity index (χ0v) is 17.1. The molecule has 2 aromatic rings. The molecule has 1 heterocycles. The lowest BCUT2D eigenvalue weighted by molar-refractivity contribution is 0.0697. The maximum absolute atomic E-state index is 13.0. The first-order valence-electron chi connectivity index (χ1n) is 9.14. The molecule has 27 heavy (non-hydrogen) atoms. The molecule has 0 N–H and O–H groups in total. The van der Waals surface area contributed by atoms with Crippen LogP contribution in [0.2, 0.25) is 0 Å². The highest BCUT2D eigenvalue weighted by atomic mass is 32.2. The molecule has 144 valence electrons. The van der Waals surface area contributed by atoms with Crippen molar-refractivity contribution in [3.05, 3.63) is 64.2 Å². The maximum atomic E-state index is 13.0. The highest BCUT2D eigenvalue weighted by molar-refractivity contribution is 7.89. The van der Waals surface area contributed by atoms with Gasteiger partial charge in [0.1, 0.15) is 0 Å². The third-order valence-corrected chi connectivity index (χ3v) is 7.16. The topological polar surface area (TPSA) is 57.7 Å². The lowest BCUT2D eigenvalue weighted by atomic mass is 10.0. The van der Waals surface area contributed by atoms with Gasteiger partial charge in [-0.3, -0.25) is 4.79 Å². The SMILES string of the molecule is Cc1ccc(S(=O)(=O)N2CCN(C(=O)c3cc(C)ccc3C)CC2)c(C)c1. The largest absolute Gasteiger partial charge is 0.336 e. The van der Waals surface area contributed by atoms with E-state index in [1.165, 1.54) is 4.31 Å². The summed E-state index contributed by atoms with van der Waals surface area (Å²) < 4.78 is 27.5. The van der Waals surface area contributed by atoms with Gasteiger partial charge in [-0.15, -0.1) is 0 Å². The number of piperazine rings is 1. The van der Waals surface area contributed by atoms with Gasteiger partial charge >= 0.3 is 0 Å². The van der Waals surface area contributed by atoms with Crippen molar-refractivity contribution in [2.45, 2.75) is 32.6 Å². The minimum Gasteiger partial charge on any atom is -0.336 e. The van der Waals surface area contributed by atoms with Gasteiger partial charge in [0.2, 0.25) is 10.0 Å². The van der Waals surface area contributed by atoms with E-state index < -0.39 is 10.0 Å². The number of rotatable bonds is 3. The molecule has 1 aliphatic heterocycles. The van der Waals surface area contributed by atoms with Crippen molar-refractivity contribution in [3.8, 4) is 0 Å². The number of amides is 1. The average Bonchev–Trinajstić information content (AvgIpc) is 2.63. The standard InChI is InChI=1S/C21H26N2O3S/c1-15-6-8-20(18(4)13-15)27(25,26)23-11-9-22(10-12-23)21(24)19-14-16(2)5-7-17(19)3/h5-8,13-14H,9-12H2,1-4H3. The quantitative estimate of drug-likeness (QED) is 0.815. The van der Waals surface area contributed by atoms with Crippen LogP contribution in [0.1, 0.15) is 32.6 Å². The van der Waals surface area contributed by atoms with Crippen LogP contribution in [0.5, 0.6) is 0 Å². The summed E-state index contributed by atoms with van der Waals surface area (Å²) in [6.45, 7) is 9.07. The summed E-state index contributed by atoms with van der Waals surface area (Å²) >= 11 is 0. The van der Waals surface area contributed by atoms with E-state index in [1.54, 1.807) is 11.0 Å². The second-order valence-corrected chi connectivity index (χ2v) is 9.19. The molecule has 0 atom stereocenters. The molecular formula is C21H26N2O3S. The molecule has 1 saturated heterocycles. The summed E-state index contributed by atoms with van der Waals surface area (Å²) in [4.78, 5) is 14.9. The van der Waals surface area contributed by atoms with Crippen LogP contribution in [0.3, 0.4) is 0 Å². The molecule has 0 bridgehead atoms. The molecule has 1 amide bonds. The van der Waals surface area contributed by atoms with Crippen LogP contribution in [-0.2, 0) is 10.0 Å². The smallest absolute Gasteiger partial charge is 0.254 e. The molecule has 0 aromatic heterocycles. The summed E-state index contributed by atoms with van der Waals surface area (Å²) in [5, 5.41) is 0. The molecule has 3 rings (SSSR count). The van der Waals surface area contributed by atoms with Gasteiger partial charge in [-0.2, -0.15) is 4.31 Å². The Morgan fingerprint density at radius 3 is 2.04 bits per heavy atom. The van der Waals surface area contributed by atoms with Gasteiger partial charge in [0, 0.05) is 31.7 Å². The number of hydrogen-bond acceptors (Lipinski definition) is 3. The lowest BCUT2D eigenvalue weighted by Gasteiger charge is -2.34. The summed E-state index contributed by atoms with van der Waals surface area (Å²) in [7, 11) is -3.54. The highest BCUT2D eigenvalue weighted by Crippen LogP contribution is 2.23. The molecule has 6 heteroatoms. The van der Waals surface area contributed by atoms with Gasteiger partial charge in [-0.1, -0.05) is 35.4 Å². The van der Waals surface area contributed by atoms with E-state index in [0.29, 0.717) is 36.6 Å². The number of carbonyl (C=O) groups is 1. The van der Waals surface area contributed by atoms with Gasteiger partial charge in [0.05, 0.1) is 4.90 Å². The van der Waals surface area contributed by atoms with E-state index in [2.05, 4.69) is 0 Å². The fourth-order valence-corrected chi connectivity index (χ4v) is 5.12. The molecule has 0 unspecified atom stereocenters. The van der Waals surface area contributed by atoms with Crippen LogP contribution in [-0.4, -0.2) is 49.7 Å². The minimum absolute atomic E-state index is 0.0280. The molecule has 1 fully saturated rings. The van der Waals surface area contributed by atoms with Crippen molar-refractivity contribution in [1.29, 1.82) is 0 Å². The van der Waals surface area contributed by atoms with E-state index in [-0.39, 0.29) is 5.91 Å². The Hall–Kier alpha value is -2.18. The molecule has 1 aliphatic rings. The molecule has 0 aliphatic carbocycles. The molecule has 0 radical (unpaired) electrons. The van der Waals surface area contributed by atoms with Crippen molar-refractivity contribution < 1.29 is 13.2 Å². The molecule has 2 aromatic carbocycles. The number of sulfonamides is 1. The summed E-state index contributed by atoms with van der Waals surface area (Å²) in [5.41, 5.74) is 4.47. The van der Waals surface area contributed by atoms with Crippen molar-refractivity contribution in [2.24, 2.45) is 0 Å². The van der Waals surface area contributed by atoms with Crippen molar-refractivity contribution in [2.75, 3.05) is 26.2 Å². The highest BCUT2D eigenvalue weighted by Gasteiger charge is 2.31. The zero-order chi connectivity index (χ0) is 19.8. The summed E-state index contributed by atoms with van der Waals surface area (Å²) in [6.07, 6.45) is 0. The summed E-state index contributed by atoms with van der Waals surface area (Å²) in [6, 6.07) is 11.2. The number of hydrogen-bond donors (Lipinski definition) is 0. The van der Waals surface area contributed by atoms with E-state index in [1.807, 2.05) is 58.0 Å². The van der Waals surface area contributed by atoms with E-state index in [9.17, 15) is 13.2 Å². The fraction of sp³-hybridized carbons (Fsp3) is 0.381. The predicted molar refractivity (Wildman–Crippen MR) is 106 cm³/mol. The Balaban J connectivity index is 1.75. The fourth-order valence-electron chi connectivity index (χ4n) is 3.50. The Morgan fingerprint density at radius 1 is 0.815 bits per heavy atom. The molecule has 0 spiro atoms. The molecular weight excluding hydrogens is 360 g/mol. The van der Waals surface area contributed by atoms with Crippen molar-refractivity contribution in [3.63, 3.8) is 0 Å². The van der Waals surface area contributed by atoms with E-state index in [4.69, 9.17) is 0 Å². The van der Waals surface area contributed by atoms with Crippen LogP contribution in [0.4, 0.5) is 0 Å². The number of benzene rings is 2. The third kappa shape index (κ3) is 3.92. The van der Waals surface area contributed by atoms with Crippen LogP contribution in [0.25, 0.3) is 0 Å². The van der Waals surface area contributed by atoms with Gasteiger partial charge in [0.15, 0.2) is 0 Å². The second kappa shape index (κ2) is 7.44. The normalized spacial score (nSPS) is 15.8.